The summed E-state index contributed by atoms with van der Waals surface area (Å²) in [5.74, 6) is 1.47. The van der Waals surface area contributed by atoms with Crippen LogP contribution in [-0.4, -0.2) is 27.5 Å². The molecule has 6 heteroatoms. The summed E-state index contributed by atoms with van der Waals surface area (Å²) in [5, 5.41) is 6.01. The highest BCUT2D eigenvalue weighted by Gasteiger charge is 2.21. The zero-order chi connectivity index (χ0) is 14.7. The lowest BCUT2D eigenvalue weighted by Crippen LogP contribution is -2.35. The number of fused-ring (bicyclic) bond motifs is 1. The molecule has 0 radical (unpaired) electrons. The highest BCUT2D eigenvalue weighted by atomic mass is 32.1. The van der Waals surface area contributed by atoms with Crippen LogP contribution in [0.3, 0.4) is 0 Å². The minimum absolute atomic E-state index is 0.169. The van der Waals surface area contributed by atoms with Gasteiger partial charge in [0.25, 0.3) is 0 Å². The summed E-state index contributed by atoms with van der Waals surface area (Å²) >= 11 is 1.79. The molecule has 0 saturated heterocycles. The fourth-order valence-corrected chi connectivity index (χ4v) is 3.44. The van der Waals surface area contributed by atoms with Crippen LogP contribution in [-0.2, 0) is 30.6 Å². The van der Waals surface area contributed by atoms with Crippen LogP contribution in [0.5, 0.6) is 0 Å². The van der Waals surface area contributed by atoms with E-state index in [4.69, 9.17) is 4.52 Å². The van der Waals surface area contributed by atoms with Gasteiger partial charge in [0.1, 0.15) is 0 Å². The number of hydrogen-bond acceptors (Lipinski definition) is 5. The molecule has 5 nitrogen and oxygen atoms in total. The van der Waals surface area contributed by atoms with Crippen LogP contribution in [0, 0.1) is 0 Å². The summed E-state index contributed by atoms with van der Waals surface area (Å²) in [4.78, 5) is 19.9. The normalized spacial score (nSPS) is 14.2. The Labute approximate surface area is 128 Å². The van der Waals surface area contributed by atoms with Gasteiger partial charge < -0.3 is 9.42 Å². The molecule has 1 amide bonds. The molecule has 0 saturated carbocycles. The van der Waals surface area contributed by atoms with Gasteiger partial charge in [-0.3, -0.25) is 4.79 Å². The topological polar surface area (TPSA) is 59.2 Å². The molecule has 3 rings (SSSR count). The highest BCUT2D eigenvalue weighted by Crippen LogP contribution is 2.24. The molecule has 21 heavy (non-hydrogen) atoms. The predicted octanol–water partition coefficient (Wildman–Crippen LogP) is 2.60. The number of rotatable bonds is 5. The van der Waals surface area contributed by atoms with Gasteiger partial charge in [-0.25, -0.2) is 0 Å². The standard InChI is InChI=1S/C15H19N3O2S/c1-2-3-13-16-14(20-17-13)4-5-15(19)18-8-6-12-11(10-18)7-9-21-12/h7,9H,2-6,8,10H2,1H3. The van der Waals surface area contributed by atoms with E-state index in [-0.39, 0.29) is 5.91 Å². The minimum Gasteiger partial charge on any atom is -0.339 e. The number of hydrogen-bond donors (Lipinski definition) is 0. The van der Waals surface area contributed by atoms with Crippen molar-refractivity contribution in [2.45, 2.75) is 45.6 Å². The van der Waals surface area contributed by atoms with E-state index in [0.29, 0.717) is 18.7 Å². The van der Waals surface area contributed by atoms with Gasteiger partial charge in [-0.15, -0.1) is 11.3 Å². The van der Waals surface area contributed by atoms with Gasteiger partial charge in [0.2, 0.25) is 11.8 Å². The smallest absolute Gasteiger partial charge is 0.227 e. The molecule has 0 N–H and O–H groups in total. The van der Waals surface area contributed by atoms with Gasteiger partial charge in [0.15, 0.2) is 5.82 Å². The number of carbonyl (C=O) groups is 1. The molecule has 3 heterocycles. The molecule has 2 aromatic heterocycles. The molecule has 0 bridgehead atoms. The number of aryl methyl sites for hydroxylation is 2. The van der Waals surface area contributed by atoms with Crippen molar-refractivity contribution >= 4 is 17.2 Å². The number of amides is 1. The maximum Gasteiger partial charge on any atom is 0.227 e. The van der Waals surface area contributed by atoms with E-state index in [9.17, 15) is 4.79 Å². The first-order valence-electron chi connectivity index (χ1n) is 7.40. The molecular formula is C15H19N3O2S. The first-order valence-corrected chi connectivity index (χ1v) is 8.28. The Hall–Kier alpha value is -1.69. The van der Waals surface area contributed by atoms with E-state index in [1.807, 2.05) is 4.90 Å². The Balaban J connectivity index is 1.52. The van der Waals surface area contributed by atoms with Crippen LogP contribution < -0.4 is 0 Å². The molecule has 0 fully saturated rings. The average molecular weight is 305 g/mol. The van der Waals surface area contributed by atoms with Gasteiger partial charge in [-0.2, -0.15) is 4.98 Å². The number of carbonyl (C=O) groups excluding carboxylic acids is 1. The van der Waals surface area contributed by atoms with Crippen molar-refractivity contribution in [2.24, 2.45) is 0 Å². The molecule has 2 aromatic rings. The largest absolute Gasteiger partial charge is 0.339 e. The first kappa shape index (κ1) is 14.3. The van der Waals surface area contributed by atoms with Crippen molar-refractivity contribution in [3.8, 4) is 0 Å². The number of nitrogens with zero attached hydrogens (tertiary/aromatic N) is 3. The lowest BCUT2D eigenvalue weighted by molar-refractivity contribution is -0.132. The van der Waals surface area contributed by atoms with E-state index in [0.717, 1.165) is 38.2 Å². The molecule has 0 aliphatic carbocycles. The maximum absolute atomic E-state index is 12.3. The zero-order valence-electron chi connectivity index (χ0n) is 12.2. The maximum atomic E-state index is 12.3. The van der Waals surface area contributed by atoms with Crippen molar-refractivity contribution in [1.82, 2.24) is 15.0 Å². The van der Waals surface area contributed by atoms with E-state index in [1.165, 1.54) is 10.4 Å². The van der Waals surface area contributed by atoms with Crippen molar-refractivity contribution in [1.29, 1.82) is 0 Å². The summed E-state index contributed by atoms with van der Waals surface area (Å²) in [5.41, 5.74) is 1.29. The Morgan fingerprint density at radius 1 is 1.48 bits per heavy atom. The lowest BCUT2D eigenvalue weighted by Gasteiger charge is -2.26. The summed E-state index contributed by atoms with van der Waals surface area (Å²) in [6, 6.07) is 2.12. The Morgan fingerprint density at radius 2 is 2.38 bits per heavy atom. The van der Waals surface area contributed by atoms with Gasteiger partial charge >= 0.3 is 0 Å². The molecule has 1 aliphatic heterocycles. The van der Waals surface area contributed by atoms with Crippen LogP contribution in [0.4, 0.5) is 0 Å². The molecule has 112 valence electrons. The van der Waals surface area contributed by atoms with Crippen LogP contribution in [0.15, 0.2) is 16.0 Å². The van der Waals surface area contributed by atoms with Crippen LogP contribution in [0.1, 0.15) is 41.9 Å². The van der Waals surface area contributed by atoms with Gasteiger partial charge in [-0.1, -0.05) is 12.1 Å². The first-order chi connectivity index (χ1) is 10.3. The van der Waals surface area contributed by atoms with Crippen LogP contribution in [0.2, 0.25) is 0 Å². The quantitative estimate of drug-likeness (QED) is 0.852. The van der Waals surface area contributed by atoms with Crippen molar-refractivity contribution in [2.75, 3.05) is 6.54 Å². The molecular weight excluding hydrogens is 286 g/mol. The van der Waals surface area contributed by atoms with E-state index < -0.39 is 0 Å². The van der Waals surface area contributed by atoms with Crippen LogP contribution in [0.25, 0.3) is 0 Å². The van der Waals surface area contributed by atoms with Crippen molar-refractivity contribution in [3.05, 3.63) is 33.6 Å². The number of thiophene rings is 1. The summed E-state index contributed by atoms with van der Waals surface area (Å²) in [6.45, 7) is 3.63. The molecule has 0 unspecified atom stereocenters. The summed E-state index contributed by atoms with van der Waals surface area (Å²) in [7, 11) is 0. The van der Waals surface area contributed by atoms with Gasteiger partial charge in [0, 0.05) is 37.2 Å². The molecule has 0 atom stereocenters. The van der Waals surface area contributed by atoms with Crippen LogP contribution >= 0.6 is 11.3 Å². The Bertz CT molecular complexity index is 620. The number of aromatic nitrogens is 2. The third-order valence-corrected chi connectivity index (χ3v) is 4.72. The zero-order valence-corrected chi connectivity index (χ0v) is 13.0. The minimum atomic E-state index is 0.169. The van der Waals surface area contributed by atoms with Crippen molar-refractivity contribution in [3.63, 3.8) is 0 Å². The fraction of sp³-hybridized carbons (Fsp3) is 0.533. The van der Waals surface area contributed by atoms with Gasteiger partial charge in [-0.05, 0) is 29.9 Å². The average Bonchev–Trinajstić information content (AvgIpc) is 3.13. The lowest BCUT2D eigenvalue weighted by atomic mass is 10.1. The third-order valence-electron chi connectivity index (χ3n) is 3.70. The molecule has 0 spiro atoms. The van der Waals surface area contributed by atoms with E-state index >= 15 is 0 Å². The SMILES string of the molecule is CCCc1noc(CCC(=O)N2CCc3sccc3C2)n1. The summed E-state index contributed by atoms with van der Waals surface area (Å²) < 4.78 is 5.17. The van der Waals surface area contributed by atoms with E-state index in [2.05, 4.69) is 28.5 Å². The monoisotopic (exact) mass is 305 g/mol. The fourth-order valence-electron chi connectivity index (χ4n) is 2.55. The second-order valence-electron chi connectivity index (χ2n) is 5.29. The Morgan fingerprint density at radius 3 is 3.24 bits per heavy atom. The van der Waals surface area contributed by atoms with E-state index in [1.54, 1.807) is 11.3 Å². The van der Waals surface area contributed by atoms with Gasteiger partial charge in [0.05, 0.1) is 0 Å². The van der Waals surface area contributed by atoms with Crippen molar-refractivity contribution < 1.29 is 9.32 Å². The summed E-state index contributed by atoms with van der Waals surface area (Å²) in [6.07, 6.45) is 3.76. The molecule has 1 aliphatic rings. The second-order valence-corrected chi connectivity index (χ2v) is 6.29. The molecule has 0 aromatic carbocycles. The second kappa shape index (κ2) is 6.39. The highest BCUT2D eigenvalue weighted by molar-refractivity contribution is 7.10. The predicted molar refractivity (Wildman–Crippen MR) is 80.1 cm³/mol. The third kappa shape index (κ3) is 3.32. The Kier molecular flexibility index (Phi) is 4.34.